The number of aromatic hydroxyl groups is 1. The van der Waals surface area contributed by atoms with Crippen molar-refractivity contribution in [2.45, 2.75) is 52.2 Å². The van der Waals surface area contributed by atoms with E-state index in [9.17, 15) is 15.0 Å². The second-order valence-electron chi connectivity index (χ2n) is 6.47. The maximum Gasteiger partial charge on any atom is 0.412 e. The van der Waals surface area contributed by atoms with Crippen LogP contribution in [0.2, 0.25) is 0 Å². The molecule has 0 unspecified atom stereocenters. The molecule has 0 saturated heterocycles. The van der Waals surface area contributed by atoms with E-state index >= 15 is 0 Å². The van der Waals surface area contributed by atoms with Crippen molar-refractivity contribution in [3.63, 3.8) is 0 Å². The zero-order chi connectivity index (χ0) is 15.6. The van der Waals surface area contributed by atoms with E-state index < -0.39 is 17.3 Å². The highest BCUT2D eigenvalue weighted by molar-refractivity contribution is 5.86. The van der Waals surface area contributed by atoms with Gasteiger partial charge in [0.25, 0.3) is 0 Å². The monoisotopic (exact) mass is 281 g/mol. The normalized spacial score (nSPS) is 12.1. The molecule has 1 aromatic carbocycles. The SMILES string of the molecule is CC(C)(O)Cc1ccc(NC(=O)OC(C)(C)C)c(O)c1. The minimum absolute atomic E-state index is 0.0578. The summed E-state index contributed by atoms with van der Waals surface area (Å²) in [6.07, 6.45) is -0.212. The van der Waals surface area contributed by atoms with Crippen molar-refractivity contribution in [2.24, 2.45) is 0 Å². The molecule has 0 spiro atoms. The molecule has 0 aliphatic carbocycles. The molecular weight excluding hydrogens is 258 g/mol. The van der Waals surface area contributed by atoms with Crippen LogP contribution in [0, 0.1) is 0 Å². The second-order valence-corrected chi connectivity index (χ2v) is 6.47. The highest BCUT2D eigenvalue weighted by Gasteiger charge is 2.18. The van der Waals surface area contributed by atoms with Crippen molar-refractivity contribution in [1.82, 2.24) is 0 Å². The molecule has 0 bridgehead atoms. The van der Waals surface area contributed by atoms with E-state index in [-0.39, 0.29) is 11.4 Å². The van der Waals surface area contributed by atoms with Gasteiger partial charge < -0.3 is 14.9 Å². The van der Waals surface area contributed by atoms with E-state index in [1.165, 1.54) is 6.07 Å². The predicted octanol–water partition coefficient (Wildman–Crippen LogP) is 3.05. The second kappa shape index (κ2) is 5.71. The average Bonchev–Trinajstić information content (AvgIpc) is 2.17. The Bertz CT molecular complexity index is 484. The van der Waals surface area contributed by atoms with Crippen molar-refractivity contribution >= 4 is 11.8 Å². The lowest BCUT2D eigenvalue weighted by molar-refractivity contribution is 0.0634. The summed E-state index contributed by atoms with van der Waals surface area (Å²) in [5.74, 6) is -0.0578. The number of aliphatic hydroxyl groups is 1. The first-order chi connectivity index (χ1) is 8.96. The Balaban J connectivity index is 2.76. The molecule has 5 nitrogen and oxygen atoms in total. The lowest BCUT2D eigenvalue weighted by Crippen LogP contribution is -2.27. The standard InChI is InChI=1S/C15H23NO4/c1-14(2,3)20-13(18)16-11-7-6-10(8-12(11)17)9-15(4,5)19/h6-8,17,19H,9H2,1-5H3,(H,16,18). The molecule has 3 N–H and O–H groups in total. The third-order valence-corrected chi connectivity index (χ3v) is 2.33. The van der Waals surface area contributed by atoms with E-state index in [1.54, 1.807) is 46.8 Å². The van der Waals surface area contributed by atoms with E-state index in [1.807, 2.05) is 0 Å². The highest BCUT2D eigenvalue weighted by atomic mass is 16.6. The Hall–Kier alpha value is -1.75. The lowest BCUT2D eigenvalue weighted by Gasteiger charge is -2.20. The van der Waals surface area contributed by atoms with E-state index in [0.717, 1.165) is 5.56 Å². The number of anilines is 1. The minimum atomic E-state index is -0.855. The molecule has 112 valence electrons. The number of phenolic OH excluding ortho intramolecular Hbond substituents is 1. The van der Waals surface area contributed by atoms with Gasteiger partial charge in [-0.2, -0.15) is 0 Å². The van der Waals surface area contributed by atoms with Crippen molar-refractivity contribution < 1.29 is 19.7 Å². The number of rotatable bonds is 3. The van der Waals surface area contributed by atoms with Crippen LogP contribution in [0.25, 0.3) is 0 Å². The van der Waals surface area contributed by atoms with Crippen LogP contribution in [0.1, 0.15) is 40.2 Å². The van der Waals surface area contributed by atoms with Gasteiger partial charge in [0.15, 0.2) is 0 Å². The number of hydrogen-bond acceptors (Lipinski definition) is 4. The van der Waals surface area contributed by atoms with Gasteiger partial charge in [0, 0.05) is 6.42 Å². The van der Waals surface area contributed by atoms with Gasteiger partial charge in [-0.1, -0.05) is 6.07 Å². The first-order valence-corrected chi connectivity index (χ1v) is 6.50. The van der Waals surface area contributed by atoms with E-state index in [0.29, 0.717) is 6.42 Å². The van der Waals surface area contributed by atoms with Gasteiger partial charge in [-0.15, -0.1) is 0 Å². The van der Waals surface area contributed by atoms with Crippen LogP contribution in [0.4, 0.5) is 10.5 Å². The highest BCUT2D eigenvalue weighted by Crippen LogP contribution is 2.26. The van der Waals surface area contributed by atoms with Gasteiger partial charge in [0.2, 0.25) is 0 Å². The van der Waals surface area contributed by atoms with Gasteiger partial charge in [0.05, 0.1) is 11.3 Å². The molecule has 1 aromatic rings. The summed E-state index contributed by atoms with van der Waals surface area (Å²) in [6, 6.07) is 4.84. The zero-order valence-corrected chi connectivity index (χ0v) is 12.7. The summed E-state index contributed by atoms with van der Waals surface area (Å²) in [4.78, 5) is 11.6. The number of phenols is 1. The maximum atomic E-state index is 11.6. The Kier molecular flexibility index (Phi) is 4.65. The third kappa shape index (κ3) is 5.93. The number of carbonyl (C=O) groups is 1. The van der Waals surface area contributed by atoms with Crippen LogP contribution in [0.5, 0.6) is 5.75 Å². The number of amides is 1. The Labute approximate surface area is 119 Å². The van der Waals surface area contributed by atoms with Gasteiger partial charge in [-0.05, 0) is 52.3 Å². The van der Waals surface area contributed by atoms with Crippen LogP contribution >= 0.6 is 0 Å². The molecule has 1 amide bonds. The molecule has 0 saturated carbocycles. The molecule has 0 atom stereocenters. The summed E-state index contributed by atoms with van der Waals surface area (Å²) < 4.78 is 5.11. The predicted molar refractivity (Wildman–Crippen MR) is 78.0 cm³/mol. The smallest absolute Gasteiger partial charge is 0.412 e. The number of carbonyl (C=O) groups excluding carboxylic acids is 1. The first-order valence-electron chi connectivity index (χ1n) is 6.50. The average molecular weight is 281 g/mol. The first kappa shape index (κ1) is 16.3. The molecule has 0 aromatic heterocycles. The van der Waals surface area contributed by atoms with Crippen LogP contribution in [-0.2, 0) is 11.2 Å². The third-order valence-electron chi connectivity index (χ3n) is 2.33. The van der Waals surface area contributed by atoms with Crippen molar-refractivity contribution in [2.75, 3.05) is 5.32 Å². The summed E-state index contributed by atoms with van der Waals surface area (Å²) >= 11 is 0. The Morgan fingerprint density at radius 3 is 2.30 bits per heavy atom. The van der Waals surface area contributed by atoms with E-state index in [2.05, 4.69) is 5.32 Å². The van der Waals surface area contributed by atoms with Crippen LogP contribution < -0.4 is 5.32 Å². The van der Waals surface area contributed by atoms with Crippen LogP contribution in [-0.4, -0.2) is 27.5 Å². The molecule has 5 heteroatoms. The van der Waals surface area contributed by atoms with Crippen molar-refractivity contribution in [1.29, 1.82) is 0 Å². The van der Waals surface area contributed by atoms with E-state index in [4.69, 9.17) is 4.74 Å². The van der Waals surface area contributed by atoms with Gasteiger partial charge >= 0.3 is 6.09 Å². The summed E-state index contributed by atoms with van der Waals surface area (Å²) in [7, 11) is 0. The quantitative estimate of drug-likeness (QED) is 0.744. The molecule has 0 fully saturated rings. The van der Waals surface area contributed by atoms with Crippen molar-refractivity contribution in [3.8, 4) is 5.75 Å². The fourth-order valence-corrected chi connectivity index (χ4v) is 1.71. The molecule has 0 heterocycles. The molecule has 20 heavy (non-hydrogen) atoms. The van der Waals surface area contributed by atoms with Crippen molar-refractivity contribution in [3.05, 3.63) is 23.8 Å². The van der Waals surface area contributed by atoms with Gasteiger partial charge in [-0.3, -0.25) is 5.32 Å². The molecule has 0 aliphatic rings. The molecular formula is C15H23NO4. The summed E-state index contributed by atoms with van der Waals surface area (Å²) in [5.41, 5.74) is -0.393. The fourth-order valence-electron chi connectivity index (χ4n) is 1.71. The summed E-state index contributed by atoms with van der Waals surface area (Å²) in [6.45, 7) is 8.67. The van der Waals surface area contributed by atoms with Crippen LogP contribution in [0.3, 0.4) is 0 Å². The molecule has 0 radical (unpaired) electrons. The molecule has 0 aliphatic heterocycles. The summed E-state index contributed by atoms with van der Waals surface area (Å²) in [5, 5.41) is 22.1. The fraction of sp³-hybridized carbons (Fsp3) is 0.533. The number of nitrogens with one attached hydrogen (secondary N) is 1. The zero-order valence-electron chi connectivity index (χ0n) is 12.7. The van der Waals surface area contributed by atoms with Gasteiger partial charge in [0.1, 0.15) is 11.4 Å². The number of ether oxygens (including phenoxy) is 1. The largest absolute Gasteiger partial charge is 0.506 e. The molecule has 1 rings (SSSR count). The lowest BCUT2D eigenvalue weighted by atomic mass is 9.98. The number of hydrogen-bond donors (Lipinski definition) is 3. The number of benzene rings is 1. The maximum absolute atomic E-state index is 11.6. The minimum Gasteiger partial charge on any atom is -0.506 e. The Morgan fingerprint density at radius 2 is 1.85 bits per heavy atom. The topological polar surface area (TPSA) is 78.8 Å². The van der Waals surface area contributed by atoms with Gasteiger partial charge in [-0.25, -0.2) is 4.79 Å². The Morgan fingerprint density at radius 1 is 1.25 bits per heavy atom. The van der Waals surface area contributed by atoms with Crippen LogP contribution in [0.15, 0.2) is 18.2 Å².